The molecule has 0 saturated carbocycles. The first kappa shape index (κ1) is 22.4. The van der Waals surface area contributed by atoms with E-state index in [0.29, 0.717) is 61.2 Å². The highest BCUT2D eigenvalue weighted by Gasteiger charge is 2.25. The third-order valence-corrected chi connectivity index (χ3v) is 5.78. The second-order valence-corrected chi connectivity index (χ2v) is 7.90. The summed E-state index contributed by atoms with van der Waals surface area (Å²) in [6.45, 7) is 1.31. The molecule has 2 amide bonds. The fraction of sp³-hybridized carbons (Fsp3) is 0.364. The molecule has 1 aliphatic rings. The van der Waals surface area contributed by atoms with E-state index in [0.717, 1.165) is 0 Å². The Kier molecular flexibility index (Phi) is 7.94. The Morgan fingerprint density at radius 1 is 1.10 bits per heavy atom. The van der Waals surface area contributed by atoms with Crippen molar-refractivity contribution < 1.29 is 18.7 Å². The number of piperidine rings is 1. The largest absolute Gasteiger partial charge is 0.492 e. The number of nitrogens with zero attached hydrogens (tertiary/aromatic N) is 1. The van der Waals surface area contributed by atoms with Gasteiger partial charge in [0.15, 0.2) is 0 Å². The molecule has 8 heteroatoms. The van der Waals surface area contributed by atoms with E-state index in [9.17, 15) is 14.0 Å². The van der Waals surface area contributed by atoms with Crippen LogP contribution < -0.4 is 10.1 Å². The Labute approximate surface area is 185 Å². The SMILES string of the molecule is O=C(CCCOc1cccc(Cl)c1Cl)NC1CCN(C(=O)c2ccccc2F)CC1. The zero-order valence-electron chi connectivity index (χ0n) is 16.4. The molecule has 0 atom stereocenters. The summed E-state index contributed by atoms with van der Waals surface area (Å²) < 4.78 is 19.4. The van der Waals surface area contributed by atoms with E-state index < -0.39 is 5.82 Å². The lowest BCUT2D eigenvalue weighted by Gasteiger charge is -2.32. The average Bonchev–Trinajstić information content (AvgIpc) is 2.74. The van der Waals surface area contributed by atoms with Gasteiger partial charge in [-0.15, -0.1) is 0 Å². The first-order valence-electron chi connectivity index (χ1n) is 9.85. The van der Waals surface area contributed by atoms with Crippen molar-refractivity contribution in [1.82, 2.24) is 10.2 Å². The van der Waals surface area contributed by atoms with Crippen LogP contribution in [0.25, 0.3) is 0 Å². The predicted molar refractivity (Wildman–Crippen MR) is 115 cm³/mol. The minimum absolute atomic E-state index is 0.00506. The van der Waals surface area contributed by atoms with Crippen LogP contribution in [0.5, 0.6) is 5.75 Å². The Bertz CT molecular complexity index is 902. The minimum atomic E-state index is -0.515. The lowest BCUT2D eigenvalue weighted by molar-refractivity contribution is -0.122. The molecule has 3 rings (SSSR count). The number of benzene rings is 2. The number of carbonyl (C=O) groups is 2. The van der Waals surface area contributed by atoms with Gasteiger partial charge < -0.3 is 15.0 Å². The van der Waals surface area contributed by atoms with Gasteiger partial charge in [-0.3, -0.25) is 9.59 Å². The van der Waals surface area contributed by atoms with Crippen LogP contribution in [0, 0.1) is 5.82 Å². The van der Waals surface area contributed by atoms with Crippen molar-refractivity contribution in [1.29, 1.82) is 0 Å². The van der Waals surface area contributed by atoms with Crippen molar-refractivity contribution in [2.24, 2.45) is 0 Å². The van der Waals surface area contributed by atoms with Gasteiger partial charge in [-0.2, -0.15) is 0 Å². The molecule has 0 bridgehead atoms. The Balaban J connectivity index is 1.36. The first-order valence-corrected chi connectivity index (χ1v) is 10.6. The predicted octanol–water partition coefficient (Wildman–Crippen LogP) is 4.71. The van der Waals surface area contributed by atoms with Gasteiger partial charge in [0.25, 0.3) is 5.91 Å². The summed E-state index contributed by atoms with van der Waals surface area (Å²) in [5.41, 5.74) is 0.0831. The number of hydrogen-bond donors (Lipinski definition) is 1. The molecule has 0 spiro atoms. The fourth-order valence-electron chi connectivity index (χ4n) is 3.34. The van der Waals surface area contributed by atoms with Crippen LogP contribution >= 0.6 is 23.2 Å². The summed E-state index contributed by atoms with van der Waals surface area (Å²) in [7, 11) is 0. The van der Waals surface area contributed by atoms with E-state index in [1.807, 2.05) is 0 Å². The van der Waals surface area contributed by atoms with Gasteiger partial charge in [0.1, 0.15) is 16.6 Å². The fourth-order valence-corrected chi connectivity index (χ4v) is 3.69. The molecular weight excluding hydrogens is 430 g/mol. The van der Waals surface area contributed by atoms with Gasteiger partial charge in [0.2, 0.25) is 5.91 Å². The molecule has 1 saturated heterocycles. The van der Waals surface area contributed by atoms with E-state index in [1.165, 1.54) is 12.1 Å². The lowest BCUT2D eigenvalue weighted by atomic mass is 10.0. The smallest absolute Gasteiger partial charge is 0.256 e. The number of halogens is 3. The van der Waals surface area contributed by atoms with E-state index in [2.05, 4.69) is 5.32 Å². The number of ether oxygens (including phenoxy) is 1. The molecular formula is C22H23Cl2FN2O3. The zero-order valence-corrected chi connectivity index (χ0v) is 17.9. The summed E-state index contributed by atoms with van der Waals surface area (Å²) in [6.07, 6.45) is 2.15. The molecule has 1 aliphatic heterocycles. The highest BCUT2D eigenvalue weighted by Crippen LogP contribution is 2.31. The number of nitrogens with one attached hydrogen (secondary N) is 1. The van der Waals surface area contributed by atoms with E-state index in [-0.39, 0.29) is 23.4 Å². The van der Waals surface area contributed by atoms with Crippen molar-refractivity contribution >= 4 is 35.0 Å². The quantitative estimate of drug-likeness (QED) is 0.618. The van der Waals surface area contributed by atoms with Crippen molar-refractivity contribution in [2.45, 2.75) is 31.7 Å². The topological polar surface area (TPSA) is 58.6 Å². The van der Waals surface area contributed by atoms with Crippen LogP contribution in [0.3, 0.4) is 0 Å². The van der Waals surface area contributed by atoms with Crippen molar-refractivity contribution in [3.8, 4) is 5.75 Å². The maximum Gasteiger partial charge on any atom is 0.256 e. The summed E-state index contributed by atoms with van der Waals surface area (Å²) in [6, 6.07) is 11.1. The number of carbonyl (C=O) groups excluding carboxylic acids is 2. The van der Waals surface area contributed by atoms with Crippen LogP contribution in [-0.2, 0) is 4.79 Å². The van der Waals surface area contributed by atoms with Gasteiger partial charge in [0, 0.05) is 25.6 Å². The summed E-state index contributed by atoms with van der Waals surface area (Å²) in [5, 5.41) is 3.78. The van der Waals surface area contributed by atoms with Gasteiger partial charge in [-0.05, 0) is 43.5 Å². The van der Waals surface area contributed by atoms with Crippen molar-refractivity contribution in [3.63, 3.8) is 0 Å². The van der Waals surface area contributed by atoms with Gasteiger partial charge >= 0.3 is 0 Å². The molecule has 2 aromatic rings. The van der Waals surface area contributed by atoms with E-state index >= 15 is 0 Å². The maximum absolute atomic E-state index is 13.8. The molecule has 0 aliphatic carbocycles. The standard InChI is InChI=1S/C22H23Cl2FN2O3/c23-17-6-3-8-19(21(17)24)30-14-4-9-20(28)26-15-10-12-27(13-11-15)22(29)16-5-1-2-7-18(16)25/h1-3,5-8,15H,4,9-14H2,(H,26,28). The van der Waals surface area contributed by atoms with Crippen molar-refractivity contribution in [3.05, 3.63) is 63.9 Å². The molecule has 0 unspecified atom stereocenters. The molecule has 1 heterocycles. The monoisotopic (exact) mass is 452 g/mol. The normalized spacial score (nSPS) is 14.4. The van der Waals surface area contributed by atoms with Crippen LogP contribution in [0.15, 0.2) is 42.5 Å². The number of rotatable bonds is 7. The third-order valence-electron chi connectivity index (χ3n) is 4.97. The maximum atomic E-state index is 13.8. The minimum Gasteiger partial charge on any atom is -0.492 e. The van der Waals surface area contributed by atoms with Crippen LogP contribution in [-0.4, -0.2) is 42.5 Å². The van der Waals surface area contributed by atoms with Crippen LogP contribution in [0.1, 0.15) is 36.0 Å². The third kappa shape index (κ3) is 5.86. The highest BCUT2D eigenvalue weighted by molar-refractivity contribution is 6.42. The summed E-state index contributed by atoms with van der Waals surface area (Å²) in [4.78, 5) is 26.3. The molecule has 0 aromatic heterocycles. The molecule has 1 N–H and O–H groups in total. The lowest BCUT2D eigenvalue weighted by Crippen LogP contribution is -2.46. The molecule has 5 nitrogen and oxygen atoms in total. The number of likely N-dealkylation sites (tertiary alicyclic amines) is 1. The zero-order chi connectivity index (χ0) is 21.5. The van der Waals surface area contributed by atoms with Gasteiger partial charge in [0.05, 0.1) is 17.2 Å². The molecule has 30 heavy (non-hydrogen) atoms. The Morgan fingerprint density at radius 2 is 1.83 bits per heavy atom. The second-order valence-electron chi connectivity index (χ2n) is 7.12. The number of amides is 2. The summed E-state index contributed by atoms with van der Waals surface area (Å²) in [5.74, 6) is -0.389. The van der Waals surface area contributed by atoms with Crippen LogP contribution in [0.4, 0.5) is 4.39 Å². The Hall–Kier alpha value is -2.31. The second kappa shape index (κ2) is 10.6. The number of hydrogen-bond acceptors (Lipinski definition) is 3. The molecule has 2 aromatic carbocycles. The average molecular weight is 453 g/mol. The molecule has 160 valence electrons. The van der Waals surface area contributed by atoms with Gasteiger partial charge in [-0.1, -0.05) is 41.4 Å². The van der Waals surface area contributed by atoms with E-state index in [1.54, 1.807) is 35.2 Å². The Morgan fingerprint density at radius 3 is 2.57 bits per heavy atom. The van der Waals surface area contributed by atoms with Crippen molar-refractivity contribution in [2.75, 3.05) is 19.7 Å². The van der Waals surface area contributed by atoms with Crippen LogP contribution in [0.2, 0.25) is 10.0 Å². The molecule has 0 radical (unpaired) electrons. The van der Waals surface area contributed by atoms with Gasteiger partial charge in [-0.25, -0.2) is 4.39 Å². The highest BCUT2D eigenvalue weighted by atomic mass is 35.5. The summed E-state index contributed by atoms with van der Waals surface area (Å²) >= 11 is 12.0. The van der Waals surface area contributed by atoms with E-state index in [4.69, 9.17) is 27.9 Å². The molecule has 1 fully saturated rings. The first-order chi connectivity index (χ1) is 14.5.